The Morgan fingerprint density at radius 3 is 2.94 bits per heavy atom. The van der Waals surface area contributed by atoms with Crippen LogP contribution < -0.4 is 5.32 Å². The molecule has 16 heavy (non-hydrogen) atoms. The Hall–Kier alpha value is -1.03. The number of aromatic nitrogens is 1. The minimum absolute atomic E-state index is 0.0405. The molecule has 0 aliphatic rings. The second-order valence-corrected chi connectivity index (χ2v) is 4.79. The van der Waals surface area contributed by atoms with Crippen molar-refractivity contribution in [3.05, 3.63) is 35.1 Å². The van der Waals surface area contributed by atoms with Gasteiger partial charge in [0, 0.05) is 23.3 Å². The fourth-order valence-electron chi connectivity index (χ4n) is 1.43. The van der Waals surface area contributed by atoms with Gasteiger partial charge >= 0.3 is 0 Å². The van der Waals surface area contributed by atoms with Gasteiger partial charge in [-0.2, -0.15) is 0 Å². The third kappa shape index (κ3) is 3.23. The van der Waals surface area contributed by atoms with E-state index in [-0.39, 0.29) is 11.9 Å². The van der Waals surface area contributed by atoms with Crippen LogP contribution in [-0.4, -0.2) is 17.0 Å². The number of hydrogen-bond donors (Lipinski definition) is 1. The third-order valence-electron chi connectivity index (χ3n) is 2.24. The van der Waals surface area contributed by atoms with Crippen molar-refractivity contribution in [1.82, 2.24) is 9.88 Å². The zero-order valence-electron chi connectivity index (χ0n) is 9.66. The van der Waals surface area contributed by atoms with Crippen LogP contribution in [0.4, 0.5) is 0 Å². The molecule has 1 N–H and O–H groups in total. The Balaban J connectivity index is 2.77. The van der Waals surface area contributed by atoms with Gasteiger partial charge in [0.1, 0.15) is 5.69 Å². The Morgan fingerprint density at radius 2 is 2.38 bits per heavy atom. The van der Waals surface area contributed by atoms with E-state index >= 15 is 0 Å². The minimum Gasteiger partial charge on any atom is -0.350 e. The van der Waals surface area contributed by atoms with Gasteiger partial charge in [-0.25, -0.2) is 0 Å². The highest BCUT2D eigenvalue weighted by molar-refractivity contribution is 9.10. The van der Waals surface area contributed by atoms with Crippen LogP contribution in [0.15, 0.2) is 29.4 Å². The predicted octanol–water partition coefficient (Wildman–Crippen LogP) is 3.14. The predicted molar refractivity (Wildman–Crippen MR) is 69.7 cm³/mol. The summed E-state index contributed by atoms with van der Waals surface area (Å²) < 4.78 is 2.88. The van der Waals surface area contributed by atoms with E-state index in [1.165, 1.54) is 0 Å². The molecule has 3 nitrogen and oxygen atoms in total. The largest absolute Gasteiger partial charge is 0.350 e. The molecule has 0 atom stereocenters. The molecular weight excluding hydrogens is 268 g/mol. The Kier molecular flexibility index (Phi) is 4.80. The number of hydrogen-bond acceptors (Lipinski definition) is 1. The topological polar surface area (TPSA) is 34.0 Å². The van der Waals surface area contributed by atoms with E-state index in [1.54, 1.807) is 6.08 Å². The lowest BCUT2D eigenvalue weighted by Gasteiger charge is -2.12. The second kappa shape index (κ2) is 5.89. The molecule has 1 aromatic rings. The lowest BCUT2D eigenvalue weighted by molar-refractivity contribution is 0.0943. The van der Waals surface area contributed by atoms with E-state index in [0.29, 0.717) is 12.2 Å². The van der Waals surface area contributed by atoms with Gasteiger partial charge in [-0.15, -0.1) is 6.58 Å². The number of nitrogens with zero attached hydrogens (tertiary/aromatic N) is 1. The molecule has 0 unspecified atom stereocenters. The normalized spacial score (nSPS) is 10.5. The molecule has 0 aromatic carbocycles. The zero-order valence-corrected chi connectivity index (χ0v) is 11.3. The molecule has 0 saturated heterocycles. The Bertz CT molecular complexity index is 382. The average Bonchev–Trinajstić information content (AvgIpc) is 2.61. The summed E-state index contributed by atoms with van der Waals surface area (Å²) in [7, 11) is 0. The maximum atomic E-state index is 11.9. The summed E-state index contributed by atoms with van der Waals surface area (Å²) in [4.78, 5) is 11.9. The van der Waals surface area contributed by atoms with Crippen LogP contribution in [-0.2, 0) is 0 Å². The number of carbonyl (C=O) groups excluding carboxylic acids is 1. The molecule has 4 heteroatoms. The summed E-state index contributed by atoms with van der Waals surface area (Å²) in [5, 5.41) is 2.86. The monoisotopic (exact) mass is 284 g/mol. The average molecular weight is 285 g/mol. The van der Waals surface area contributed by atoms with E-state index in [9.17, 15) is 4.79 Å². The molecule has 0 aliphatic carbocycles. The van der Waals surface area contributed by atoms with Crippen molar-refractivity contribution in [3.8, 4) is 0 Å². The van der Waals surface area contributed by atoms with Gasteiger partial charge in [0.15, 0.2) is 0 Å². The number of amides is 1. The molecule has 0 spiro atoms. The molecule has 0 saturated carbocycles. The van der Waals surface area contributed by atoms with Gasteiger partial charge in [-0.05, 0) is 42.3 Å². The molecule has 0 fully saturated rings. The standard InChI is InChI=1S/C12H17BrN2O/c1-4-5-6-14-12(16)11-7-10(13)8-15(11)9(2)3/h4,7-9H,1,5-6H2,2-3H3,(H,14,16). The molecule has 88 valence electrons. The number of carbonyl (C=O) groups is 1. The van der Waals surface area contributed by atoms with Crippen molar-refractivity contribution in [2.24, 2.45) is 0 Å². The lowest BCUT2D eigenvalue weighted by atomic mass is 10.3. The van der Waals surface area contributed by atoms with Crippen molar-refractivity contribution < 1.29 is 4.79 Å². The summed E-state index contributed by atoms with van der Waals surface area (Å²) in [5.41, 5.74) is 0.686. The highest BCUT2D eigenvalue weighted by Gasteiger charge is 2.13. The fraction of sp³-hybridized carbons (Fsp3) is 0.417. The third-order valence-corrected chi connectivity index (χ3v) is 2.67. The van der Waals surface area contributed by atoms with Crippen molar-refractivity contribution in [2.75, 3.05) is 6.54 Å². The summed E-state index contributed by atoms with van der Waals surface area (Å²) in [6.45, 7) is 8.34. The van der Waals surface area contributed by atoms with Crippen molar-refractivity contribution in [1.29, 1.82) is 0 Å². The highest BCUT2D eigenvalue weighted by atomic mass is 79.9. The van der Waals surface area contributed by atoms with E-state index in [1.807, 2.05) is 30.7 Å². The van der Waals surface area contributed by atoms with Crippen LogP contribution in [0.5, 0.6) is 0 Å². The molecule has 0 aliphatic heterocycles. The molecular formula is C12H17BrN2O. The number of halogens is 1. The maximum absolute atomic E-state index is 11.9. The highest BCUT2D eigenvalue weighted by Crippen LogP contribution is 2.19. The summed E-state index contributed by atoms with van der Waals surface area (Å²) in [6.07, 6.45) is 4.50. The van der Waals surface area contributed by atoms with E-state index < -0.39 is 0 Å². The molecule has 1 rings (SSSR count). The van der Waals surface area contributed by atoms with E-state index in [0.717, 1.165) is 10.9 Å². The summed E-state index contributed by atoms with van der Waals surface area (Å²) in [6, 6.07) is 2.11. The first kappa shape index (κ1) is 13.0. The van der Waals surface area contributed by atoms with E-state index in [4.69, 9.17) is 0 Å². The minimum atomic E-state index is -0.0405. The van der Waals surface area contributed by atoms with Crippen LogP contribution in [0.3, 0.4) is 0 Å². The van der Waals surface area contributed by atoms with Gasteiger partial charge < -0.3 is 9.88 Å². The molecule has 0 radical (unpaired) electrons. The summed E-state index contributed by atoms with van der Waals surface area (Å²) in [5.74, 6) is -0.0405. The van der Waals surface area contributed by atoms with Crippen LogP contribution in [0.1, 0.15) is 36.8 Å². The number of rotatable bonds is 5. The van der Waals surface area contributed by atoms with Crippen LogP contribution in [0.2, 0.25) is 0 Å². The molecule has 1 amide bonds. The SMILES string of the molecule is C=CCCNC(=O)c1cc(Br)cn1C(C)C. The molecule has 1 heterocycles. The van der Waals surface area contributed by atoms with Gasteiger partial charge in [0.05, 0.1) is 0 Å². The van der Waals surface area contributed by atoms with Gasteiger partial charge in [0.2, 0.25) is 0 Å². The number of nitrogens with one attached hydrogen (secondary N) is 1. The van der Waals surface area contributed by atoms with Crippen LogP contribution in [0, 0.1) is 0 Å². The Morgan fingerprint density at radius 1 is 1.69 bits per heavy atom. The zero-order chi connectivity index (χ0) is 12.1. The Labute approximate surface area is 105 Å². The van der Waals surface area contributed by atoms with Crippen LogP contribution in [0.25, 0.3) is 0 Å². The lowest BCUT2D eigenvalue weighted by Crippen LogP contribution is -2.26. The van der Waals surface area contributed by atoms with Gasteiger partial charge in [-0.1, -0.05) is 6.08 Å². The van der Waals surface area contributed by atoms with Crippen molar-refractivity contribution in [2.45, 2.75) is 26.3 Å². The quantitative estimate of drug-likeness (QED) is 0.654. The molecule has 0 bridgehead atoms. The van der Waals surface area contributed by atoms with Gasteiger partial charge in [-0.3, -0.25) is 4.79 Å². The fourth-order valence-corrected chi connectivity index (χ4v) is 1.87. The van der Waals surface area contributed by atoms with Gasteiger partial charge in [0.25, 0.3) is 5.91 Å². The first-order chi connectivity index (χ1) is 7.56. The second-order valence-electron chi connectivity index (χ2n) is 3.88. The maximum Gasteiger partial charge on any atom is 0.267 e. The van der Waals surface area contributed by atoms with Crippen molar-refractivity contribution in [3.63, 3.8) is 0 Å². The first-order valence-electron chi connectivity index (χ1n) is 5.32. The van der Waals surface area contributed by atoms with Crippen molar-refractivity contribution >= 4 is 21.8 Å². The smallest absolute Gasteiger partial charge is 0.267 e. The molecule has 1 aromatic heterocycles. The van der Waals surface area contributed by atoms with Crippen LogP contribution >= 0.6 is 15.9 Å². The summed E-state index contributed by atoms with van der Waals surface area (Å²) >= 11 is 3.38. The first-order valence-corrected chi connectivity index (χ1v) is 6.12. The van der Waals surface area contributed by atoms with E-state index in [2.05, 4.69) is 27.8 Å².